The molecule has 1 fully saturated rings. The Kier molecular flexibility index (Phi) is 6.45. The molecule has 30 heavy (non-hydrogen) atoms. The zero-order chi connectivity index (χ0) is 20.9. The number of benzene rings is 3. The Balaban J connectivity index is 1.31. The Hall–Kier alpha value is -2.70. The van der Waals surface area contributed by atoms with Gasteiger partial charge < -0.3 is 10.2 Å². The van der Waals surface area contributed by atoms with Crippen LogP contribution in [0.3, 0.4) is 0 Å². The first-order chi connectivity index (χ1) is 14.6. The fraction of sp³-hybridized carbons (Fsp3) is 0.208. The van der Waals surface area contributed by atoms with E-state index in [9.17, 15) is 9.18 Å². The number of halogens is 2. The number of nitrogens with zero attached hydrogens (tertiary/aromatic N) is 2. The molecule has 4 rings (SSSR count). The van der Waals surface area contributed by atoms with Crippen LogP contribution in [0.5, 0.6) is 0 Å². The Bertz CT molecular complexity index is 1000. The minimum atomic E-state index is -0.138. The smallest absolute Gasteiger partial charge is 0.255 e. The van der Waals surface area contributed by atoms with Crippen molar-refractivity contribution in [1.29, 1.82) is 0 Å². The van der Waals surface area contributed by atoms with Crippen LogP contribution in [-0.4, -0.2) is 37.0 Å². The van der Waals surface area contributed by atoms with Crippen molar-refractivity contribution >= 4 is 33.2 Å². The maximum absolute atomic E-state index is 13.9. The standard InChI is InChI=1S/C24H23BrFN3O/c25-20-7-5-18(6-8-20)24(30)27-21-9-11-22(12-10-21)29-15-13-28(14-16-29)17-19-3-1-2-4-23(19)26/h1-12H,13-17H2,(H,27,30). The number of carbonyl (C=O) groups is 1. The summed E-state index contributed by atoms with van der Waals surface area (Å²) < 4.78 is 14.8. The van der Waals surface area contributed by atoms with Gasteiger partial charge in [0.1, 0.15) is 5.82 Å². The normalized spacial score (nSPS) is 14.5. The first-order valence-corrected chi connectivity index (χ1v) is 10.8. The molecule has 6 heteroatoms. The lowest BCUT2D eigenvalue weighted by molar-refractivity contribution is 0.102. The van der Waals surface area contributed by atoms with E-state index in [0.717, 1.165) is 47.6 Å². The fourth-order valence-corrected chi connectivity index (χ4v) is 3.86. The maximum atomic E-state index is 13.9. The molecular formula is C24H23BrFN3O. The van der Waals surface area contributed by atoms with Crippen molar-refractivity contribution in [3.8, 4) is 0 Å². The first-order valence-electron chi connectivity index (χ1n) is 9.96. The van der Waals surface area contributed by atoms with Crippen LogP contribution in [0.4, 0.5) is 15.8 Å². The van der Waals surface area contributed by atoms with Crippen molar-refractivity contribution in [3.63, 3.8) is 0 Å². The zero-order valence-electron chi connectivity index (χ0n) is 16.5. The Morgan fingerprint density at radius 2 is 1.57 bits per heavy atom. The monoisotopic (exact) mass is 467 g/mol. The molecule has 1 saturated heterocycles. The van der Waals surface area contributed by atoms with E-state index in [0.29, 0.717) is 12.1 Å². The number of rotatable bonds is 5. The number of piperazine rings is 1. The summed E-state index contributed by atoms with van der Waals surface area (Å²) in [5.41, 5.74) is 3.26. The third-order valence-corrected chi connectivity index (χ3v) is 5.85. The van der Waals surface area contributed by atoms with Gasteiger partial charge >= 0.3 is 0 Å². The van der Waals surface area contributed by atoms with Crippen molar-refractivity contribution in [2.45, 2.75) is 6.54 Å². The van der Waals surface area contributed by atoms with E-state index in [1.807, 2.05) is 48.5 Å². The third kappa shape index (κ3) is 5.07. The average Bonchev–Trinajstić information content (AvgIpc) is 2.77. The largest absolute Gasteiger partial charge is 0.369 e. The van der Waals surface area contributed by atoms with Crippen LogP contribution in [-0.2, 0) is 6.54 Å². The molecule has 1 aliphatic heterocycles. The highest BCUT2D eigenvalue weighted by Gasteiger charge is 2.18. The van der Waals surface area contributed by atoms with Gasteiger partial charge in [-0.2, -0.15) is 0 Å². The van der Waals surface area contributed by atoms with Crippen LogP contribution >= 0.6 is 15.9 Å². The summed E-state index contributed by atoms with van der Waals surface area (Å²) in [6, 6.07) is 22.2. The molecule has 0 bridgehead atoms. The Morgan fingerprint density at radius 1 is 0.900 bits per heavy atom. The van der Waals surface area contributed by atoms with Gasteiger partial charge in [-0.05, 0) is 54.6 Å². The molecule has 3 aromatic rings. The summed E-state index contributed by atoms with van der Waals surface area (Å²) in [6.07, 6.45) is 0. The van der Waals surface area contributed by atoms with Crippen molar-refractivity contribution in [3.05, 3.63) is 94.2 Å². The number of nitrogens with one attached hydrogen (secondary N) is 1. The van der Waals surface area contributed by atoms with E-state index in [-0.39, 0.29) is 11.7 Å². The molecule has 0 radical (unpaired) electrons. The van der Waals surface area contributed by atoms with Gasteiger partial charge in [0.15, 0.2) is 0 Å². The van der Waals surface area contributed by atoms with Crippen molar-refractivity contribution in [2.75, 3.05) is 36.4 Å². The van der Waals surface area contributed by atoms with Crippen molar-refractivity contribution in [2.24, 2.45) is 0 Å². The molecule has 3 aromatic carbocycles. The molecule has 0 unspecified atom stereocenters. The summed E-state index contributed by atoms with van der Waals surface area (Å²) in [5, 5.41) is 2.93. The molecule has 4 nitrogen and oxygen atoms in total. The van der Waals surface area contributed by atoms with Gasteiger partial charge in [0.05, 0.1) is 0 Å². The average molecular weight is 468 g/mol. The quantitative estimate of drug-likeness (QED) is 0.562. The van der Waals surface area contributed by atoms with Gasteiger partial charge in [0, 0.05) is 59.7 Å². The number of hydrogen-bond acceptors (Lipinski definition) is 3. The van der Waals surface area contributed by atoms with Crippen LogP contribution < -0.4 is 10.2 Å². The SMILES string of the molecule is O=C(Nc1ccc(N2CCN(Cc3ccccc3F)CC2)cc1)c1ccc(Br)cc1. The summed E-state index contributed by atoms with van der Waals surface area (Å²) in [7, 11) is 0. The highest BCUT2D eigenvalue weighted by atomic mass is 79.9. The van der Waals surface area contributed by atoms with Crippen molar-refractivity contribution in [1.82, 2.24) is 4.90 Å². The lowest BCUT2D eigenvalue weighted by Crippen LogP contribution is -2.46. The second-order valence-corrected chi connectivity index (χ2v) is 8.28. The van der Waals surface area contributed by atoms with E-state index in [4.69, 9.17) is 0 Å². The molecule has 1 aliphatic rings. The van der Waals surface area contributed by atoms with Gasteiger partial charge in [-0.15, -0.1) is 0 Å². The second kappa shape index (κ2) is 9.41. The van der Waals surface area contributed by atoms with Crippen LogP contribution in [0.25, 0.3) is 0 Å². The van der Waals surface area contributed by atoms with Crippen LogP contribution in [0.15, 0.2) is 77.3 Å². The topological polar surface area (TPSA) is 35.6 Å². The third-order valence-electron chi connectivity index (χ3n) is 5.32. The number of carbonyl (C=O) groups excluding carboxylic acids is 1. The van der Waals surface area contributed by atoms with Gasteiger partial charge in [-0.1, -0.05) is 34.1 Å². The van der Waals surface area contributed by atoms with Gasteiger partial charge in [-0.3, -0.25) is 9.69 Å². The van der Waals surface area contributed by atoms with E-state index in [1.165, 1.54) is 6.07 Å². The van der Waals surface area contributed by atoms with Gasteiger partial charge in [-0.25, -0.2) is 4.39 Å². The molecular weight excluding hydrogens is 445 g/mol. The van der Waals surface area contributed by atoms with Crippen LogP contribution in [0.1, 0.15) is 15.9 Å². The first kappa shape index (κ1) is 20.6. The molecule has 0 aromatic heterocycles. The van der Waals surface area contributed by atoms with Crippen LogP contribution in [0.2, 0.25) is 0 Å². The molecule has 1 heterocycles. The fourth-order valence-electron chi connectivity index (χ4n) is 3.59. The summed E-state index contributed by atoms with van der Waals surface area (Å²) in [6.45, 7) is 4.19. The molecule has 0 atom stereocenters. The van der Waals surface area contributed by atoms with E-state index < -0.39 is 0 Å². The summed E-state index contributed by atoms with van der Waals surface area (Å²) >= 11 is 3.37. The van der Waals surface area contributed by atoms with E-state index in [1.54, 1.807) is 18.2 Å². The minimum absolute atomic E-state index is 0.128. The summed E-state index contributed by atoms with van der Waals surface area (Å²) in [4.78, 5) is 17.0. The molecule has 1 amide bonds. The zero-order valence-corrected chi connectivity index (χ0v) is 18.1. The lowest BCUT2D eigenvalue weighted by atomic mass is 10.1. The Morgan fingerprint density at radius 3 is 2.23 bits per heavy atom. The lowest BCUT2D eigenvalue weighted by Gasteiger charge is -2.36. The molecule has 1 N–H and O–H groups in total. The van der Waals surface area contributed by atoms with E-state index >= 15 is 0 Å². The Labute approximate surface area is 184 Å². The molecule has 0 saturated carbocycles. The second-order valence-electron chi connectivity index (χ2n) is 7.36. The van der Waals surface area contributed by atoms with Gasteiger partial charge in [0.25, 0.3) is 5.91 Å². The minimum Gasteiger partial charge on any atom is -0.369 e. The predicted octanol–water partition coefficient (Wildman–Crippen LogP) is 5.16. The molecule has 0 aliphatic carbocycles. The molecule has 154 valence electrons. The highest BCUT2D eigenvalue weighted by Crippen LogP contribution is 2.21. The highest BCUT2D eigenvalue weighted by molar-refractivity contribution is 9.10. The maximum Gasteiger partial charge on any atom is 0.255 e. The molecule has 0 spiro atoms. The number of anilines is 2. The van der Waals surface area contributed by atoms with Gasteiger partial charge in [0.2, 0.25) is 0 Å². The van der Waals surface area contributed by atoms with E-state index in [2.05, 4.69) is 31.0 Å². The van der Waals surface area contributed by atoms with Crippen molar-refractivity contribution < 1.29 is 9.18 Å². The summed E-state index contributed by atoms with van der Waals surface area (Å²) in [5.74, 6) is -0.266. The van der Waals surface area contributed by atoms with Crippen LogP contribution in [0, 0.1) is 5.82 Å². The number of hydrogen-bond donors (Lipinski definition) is 1. The predicted molar refractivity (Wildman–Crippen MR) is 122 cm³/mol. The number of amides is 1.